The van der Waals surface area contributed by atoms with Crippen molar-refractivity contribution < 1.29 is 13.2 Å². The van der Waals surface area contributed by atoms with Gasteiger partial charge >= 0.3 is 6.18 Å². The van der Waals surface area contributed by atoms with Crippen molar-refractivity contribution in [2.75, 3.05) is 6.54 Å². The number of aromatic nitrogens is 2. The highest BCUT2D eigenvalue weighted by atomic mass is 19.4. The molecule has 27 heavy (non-hydrogen) atoms. The van der Waals surface area contributed by atoms with E-state index in [1.807, 2.05) is 13.8 Å². The highest BCUT2D eigenvalue weighted by molar-refractivity contribution is 5.42. The first-order chi connectivity index (χ1) is 12.8. The Labute approximate surface area is 157 Å². The molecule has 2 atom stereocenters. The van der Waals surface area contributed by atoms with Gasteiger partial charge < -0.3 is 5.32 Å². The fraction of sp³-hybridized carbons (Fsp3) is 0.476. The van der Waals surface area contributed by atoms with E-state index in [-0.39, 0.29) is 0 Å². The standard InChI is InChI=1S/C21H24F3N3/c1-13-20(16-5-8-18(11-16)25-12-15-3-4-15)14(2)27(26-13)19-9-6-17(7-10-19)21(22,23)24/h5-10,15-16,18,25H,3-4,11-12H2,1-2H3. The van der Waals surface area contributed by atoms with Gasteiger partial charge in [0.15, 0.2) is 0 Å². The summed E-state index contributed by atoms with van der Waals surface area (Å²) < 4.78 is 40.1. The smallest absolute Gasteiger partial charge is 0.310 e. The molecule has 0 radical (unpaired) electrons. The first kappa shape index (κ1) is 18.3. The second-order valence-electron chi connectivity index (χ2n) is 7.73. The van der Waals surface area contributed by atoms with Crippen LogP contribution in [0, 0.1) is 19.8 Å². The number of alkyl halides is 3. The summed E-state index contributed by atoms with van der Waals surface area (Å²) in [4.78, 5) is 0. The van der Waals surface area contributed by atoms with Crippen molar-refractivity contribution in [3.05, 3.63) is 58.9 Å². The number of aryl methyl sites for hydroxylation is 1. The van der Waals surface area contributed by atoms with E-state index in [2.05, 4.69) is 22.6 Å². The topological polar surface area (TPSA) is 29.9 Å². The van der Waals surface area contributed by atoms with E-state index in [1.165, 1.54) is 30.5 Å². The van der Waals surface area contributed by atoms with Gasteiger partial charge in [-0.1, -0.05) is 12.2 Å². The fourth-order valence-electron chi connectivity index (χ4n) is 3.94. The molecule has 0 saturated heterocycles. The third kappa shape index (κ3) is 3.81. The van der Waals surface area contributed by atoms with Crippen molar-refractivity contribution in [2.24, 2.45) is 5.92 Å². The zero-order valence-corrected chi connectivity index (χ0v) is 15.6. The maximum Gasteiger partial charge on any atom is 0.416 e. The van der Waals surface area contributed by atoms with Gasteiger partial charge in [-0.3, -0.25) is 0 Å². The van der Waals surface area contributed by atoms with Crippen molar-refractivity contribution in [3.63, 3.8) is 0 Å². The van der Waals surface area contributed by atoms with Crippen molar-refractivity contribution in [1.29, 1.82) is 0 Å². The summed E-state index contributed by atoms with van der Waals surface area (Å²) in [5.41, 5.74) is 3.12. The zero-order valence-electron chi connectivity index (χ0n) is 15.6. The van der Waals surface area contributed by atoms with E-state index in [9.17, 15) is 13.2 Å². The minimum absolute atomic E-state index is 0.296. The number of halogens is 3. The van der Waals surface area contributed by atoms with Crippen molar-refractivity contribution in [3.8, 4) is 5.69 Å². The van der Waals surface area contributed by atoms with Crippen LogP contribution in [0.5, 0.6) is 0 Å². The van der Waals surface area contributed by atoms with Gasteiger partial charge in [0.05, 0.1) is 16.9 Å². The van der Waals surface area contributed by atoms with Crippen molar-refractivity contribution >= 4 is 0 Å². The van der Waals surface area contributed by atoms with Crippen LogP contribution < -0.4 is 5.32 Å². The van der Waals surface area contributed by atoms with E-state index < -0.39 is 11.7 Å². The maximum absolute atomic E-state index is 12.8. The van der Waals surface area contributed by atoms with Crippen LogP contribution in [0.3, 0.4) is 0 Å². The van der Waals surface area contributed by atoms with Crippen LogP contribution in [0.15, 0.2) is 36.4 Å². The van der Waals surface area contributed by atoms with Crippen LogP contribution >= 0.6 is 0 Å². The second kappa shape index (κ2) is 6.82. The molecule has 0 amide bonds. The number of hydrogen-bond donors (Lipinski definition) is 1. The van der Waals surface area contributed by atoms with Gasteiger partial charge in [-0.2, -0.15) is 18.3 Å². The largest absolute Gasteiger partial charge is 0.416 e. The molecule has 1 fully saturated rings. The lowest BCUT2D eigenvalue weighted by Gasteiger charge is -2.14. The molecule has 1 aromatic carbocycles. The Morgan fingerprint density at radius 1 is 1.11 bits per heavy atom. The summed E-state index contributed by atoms with van der Waals surface area (Å²) >= 11 is 0. The molecule has 3 nitrogen and oxygen atoms in total. The molecule has 2 aliphatic rings. The van der Waals surface area contributed by atoms with Crippen LogP contribution in [0.2, 0.25) is 0 Å². The summed E-state index contributed by atoms with van der Waals surface area (Å²) in [5.74, 6) is 1.15. The molecule has 2 unspecified atom stereocenters. The maximum atomic E-state index is 12.8. The third-order valence-corrected chi connectivity index (χ3v) is 5.61. The number of allylic oxidation sites excluding steroid dienone is 1. The predicted octanol–water partition coefficient (Wildman–Crippen LogP) is 4.92. The van der Waals surface area contributed by atoms with Crippen LogP contribution in [0.1, 0.15) is 47.7 Å². The van der Waals surface area contributed by atoms with E-state index in [0.717, 1.165) is 42.4 Å². The second-order valence-corrected chi connectivity index (χ2v) is 7.73. The molecule has 2 aliphatic carbocycles. The molecule has 0 bridgehead atoms. The molecular weight excluding hydrogens is 351 g/mol. The summed E-state index contributed by atoms with van der Waals surface area (Å²) in [6, 6.07) is 5.58. The first-order valence-electron chi connectivity index (χ1n) is 9.48. The quantitative estimate of drug-likeness (QED) is 0.752. The SMILES string of the molecule is Cc1nn(-c2ccc(C(F)(F)F)cc2)c(C)c1C1C=CC(NCC2CC2)C1. The van der Waals surface area contributed by atoms with Crippen LogP contribution in [-0.4, -0.2) is 22.4 Å². The minimum Gasteiger partial charge on any atom is -0.310 e. The molecule has 1 N–H and O–H groups in total. The lowest BCUT2D eigenvalue weighted by atomic mass is 9.96. The fourth-order valence-corrected chi connectivity index (χ4v) is 3.94. The highest BCUT2D eigenvalue weighted by Gasteiger charge is 2.31. The number of benzene rings is 1. The molecule has 4 rings (SSSR count). The predicted molar refractivity (Wildman–Crippen MR) is 99.1 cm³/mol. The van der Waals surface area contributed by atoms with E-state index >= 15 is 0 Å². The molecular formula is C21H24F3N3. The Morgan fingerprint density at radius 2 is 1.81 bits per heavy atom. The van der Waals surface area contributed by atoms with Gasteiger partial charge in [0.2, 0.25) is 0 Å². The van der Waals surface area contributed by atoms with Gasteiger partial charge in [-0.15, -0.1) is 0 Å². The number of nitrogens with zero attached hydrogens (tertiary/aromatic N) is 2. The summed E-state index contributed by atoms with van der Waals surface area (Å²) in [5, 5.41) is 8.23. The molecule has 1 aromatic heterocycles. The van der Waals surface area contributed by atoms with Crippen molar-refractivity contribution in [2.45, 2.75) is 51.2 Å². The Hall–Kier alpha value is -2.08. The summed E-state index contributed by atoms with van der Waals surface area (Å²) in [6.07, 6.45) is 3.83. The van der Waals surface area contributed by atoms with Crippen LogP contribution in [0.4, 0.5) is 13.2 Å². The lowest BCUT2D eigenvalue weighted by molar-refractivity contribution is -0.137. The highest BCUT2D eigenvalue weighted by Crippen LogP contribution is 2.35. The Balaban J connectivity index is 1.53. The molecule has 2 aromatic rings. The van der Waals surface area contributed by atoms with Gasteiger partial charge in [0.1, 0.15) is 0 Å². The zero-order chi connectivity index (χ0) is 19.2. The van der Waals surface area contributed by atoms with E-state index in [0.29, 0.717) is 17.6 Å². The number of rotatable bonds is 5. The molecule has 1 heterocycles. The number of hydrogen-bond acceptors (Lipinski definition) is 2. The third-order valence-electron chi connectivity index (χ3n) is 5.61. The molecule has 144 valence electrons. The van der Waals surface area contributed by atoms with Gasteiger partial charge in [-0.05, 0) is 69.8 Å². The molecule has 6 heteroatoms. The lowest BCUT2D eigenvalue weighted by Crippen LogP contribution is -2.28. The monoisotopic (exact) mass is 375 g/mol. The minimum atomic E-state index is -4.32. The Morgan fingerprint density at radius 3 is 2.44 bits per heavy atom. The van der Waals surface area contributed by atoms with Crippen LogP contribution in [-0.2, 0) is 6.18 Å². The van der Waals surface area contributed by atoms with Crippen molar-refractivity contribution in [1.82, 2.24) is 15.1 Å². The Kier molecular flexibility index (Phi) is 4.62. The van der Waals surface area contributed by atoms with Gasteiger partial charge in [0.25, 0.3) is 0 Å². The average molecular weight is 375 g/mol. The van der Waals surface area contributed by atoms with Crippen LogP contribution in [0.25, 0.3) is 5.69 Å². The van der Waals surface area contributed by atoms with Gasteiger partial charge in [-0.25, -0.2) is 4.68 Å². The average Bonchev–Trinajstić information content (AvgIpc) is 3.26. The van der Waals surface area contributed by atoms with E-state index in [1.54, 1.807) is 4.68 Å². The molecule has 1 saturated carbocycles. The molecule has 0 aliphatic heterocycles. The number of nitrogens with one attached hydrogen (secondary N) is 1. The normalized spacial score (nSPS) is 22.6. The summed E-state index contributed by atoms with van der Waals surface area (Å²) in [7, 11) is 0. The molecule has 0 spiro atoms. The van der Waals surface area contributed by atoms with Gasteiger partial charge in [0, 0.05) is 23.2 Å². The van der Waals surface area contributed by atoms with E-state index in [4.69, 9.17) is 0 Å². The Bertz CT molecular complexity index is 845. The summed E-state index contributed by atoms with van der Waals surface area (Å²) in [6.45, 7) is 5.05. The first-order valence-corrected chi connectivity index (χ1v) is 9.48.